The second-order valence-corrected chi connectivity index (χ2v) is 4.61. The maximum Gasteiger partial charge on any atom is 0.169 e. The van der Waals surface area contributed by atoms with Gasteiger partial charge in [-0.3, -0.25) is 0 Å². The van der Waals surface area contributed by atoms with Crippen LogP contribution in [-0.4, -0.2) is 4.98 Å². The molecule has 0 fully saturated rings. The van der Waals surface area contributed by atoms with Crippen molar-refractivity contribution in [2.75, 3.05) is 11.1 Å². The van der Waals surface area contributed by atoms with Crippen molar-refractivity contribution >= 4 is 44.9 Å². The molecule has 0 atom stereocenters. The summed E-state index contributed by atoms with van der Waals surface area (Å²) in [6, 6.07) is 5.68. The zero-order chi connectivity index (χ0) is 13.3. The van der Waals surface area contributed by atoms with Crippen molar-refractivity contribution in [3.63, 3.8) is 0 Å². The molecule has 1 heterocycles. The number of rotatable bonds is 2. The molecule has 3 nitrogen and oxygen atoms in total. The molecule has 2 rings (SSSR count). The summed E-state index contributed by atoms with van der Waals surface area (Å²) in [6.07, 6.45) is 0. The third kappa shape index (κ3) is 2.54. The Kier molecular flexibility index (Phi) is 3.68. The van der Waals surface area contributed by atoms with E-state index in [4.69, 9.17) is 17.3 Å². The fourth-order valence-corrected chi connectivity index (χ4v) is 1.83. The van der Waals surface area contributed by atoms with E-state index in [1.165, 1.54) is 0 Å². The van der Waals surface area contributed by atoms with Crippen molar-refractivity contribution in [2.24, 2.45) is 0 Å². The summed E-state index contributed by atoms with van der Waals surface area (Å²) in [4.78, 5) is 3.59. The van der Waals surface area contributed by atoms with Crippen molar-refractivity contribution < 1.29 is 8.78 Å². The molecule has 94 valence electrons. The van der Waals surface area contributed by atoms with Gasteiger partial charge in [-0.2, -0.15) is 0 Å². The Morgan fingerprint density at radius 1 is 1.28 bits per heavy atom. The third-order valence-corrected chi connectivity index (χ3v) is 3.56. The summed E-state index contributed by atoms with van der Waals surface area (Å²) in [5.74, 6) is -2.29. The van der Waals surface area contributed by atoms with Crippen molar-refractivity contribution in [2.45, 2.75) is 0 Å². The molecule has 0 amide bonds. The van der Waals surface area contributed by atoms with Gasteiger partial charge in [0.05, 0.1) is 15.2 Å². The van der Waals surface area contributed by atoms with Crippen molar-refractivity contribution in [1.29, 1.82) is 0 Å². The maximum absolute atomic E-state index is 13.5. The van der Waals surface area contributed by atoms with E-state index in [-0.39, 0.29) is 11.6 Å². The third-order valence-electron chi connectivity index (χ3n) is 2.16. The second kappa shape index (κ2) is 5.07. The second-order valence-electron chi connectivity index (χ2n) is 3.41. The van der Waals surface area contributed by atoms with Gasteiger partial charge in [0.15, 0.2) is 23.3 Å². The number of pyridine rings is 1. The number of nitrogens with two attached hydrogens (primary N) is 1. The number of nitrogens with zero attached hydrogens (tertiary/aromatic N) is 1. The molecular weight excluding hydrogens is 327 g/mol. The Hall–Kier alpha value is -1.40. The van der Waals surface area contributed by atoms with Crippen molar-refractivity contribution in [1.82, 2.24) is 4.98 Å². The van der Waals surface area contributed by atoms with Crippen LogP contribution >= 0.6 is 27.5 Å². The van der Waals surface area contributed by atoms with Crippen LogP contribution in [0.1, 0.15) is 0 Å². The number of halogens is 4. The summed E-state index contributed by atoms with van der Waals surface area (Å²) in [5, 5.41) is 3.14. The molecule has 0 saturated carbocycles. The molecule has 3 N–H and O–H groups in total. The normalized spacial score (nSPS) is 10.4. The van der Waals surface area contributed by atoms with E-state index in [2.05, 4.69) is 26.2 Å². The number of hydrogen-bond donors (Lipinski definition) is 2. The molecule has 0 aliphatic carbocycles. The number of benzene rings is 1. The van der Waals surface area contributed by atoms with Gasteiger partial charge >= 0.3 is 0 Å². The lowest BCUT2D eigenvalue weighted by Crippen LogP contribution is -2.03. The summed E-state index contributed by atoms with van der Waals surface area (Å²) >= 11 is 9.14. The largest absolute Gasteiger partial charge is 0.381 e. The number of hydrogen-bond acceptors (Lipinski definition) is 3. The van der Waals surface area contributed by atoms with E-state index in [0.717, 1.165) is 0 Å². The van der Waals surface area contributed by atoms with Gasteiger partial charge in [-0.15, -0.1) is 0 Å². The van der Waals surface area contributed by atoms with Gasteiger partial charge in [0.25, 0.3) is 0 Å². The Bertz CT molecular complexity index is 607. The molecular formula is C11H7BrClF2N3. The van der Waals surface area contributed by atoms with E-state index >= 15 is 0 Å². The van der Waals surface area contributed by atoms with Crippen LogP contribution in [0.2, 0.25) is 5.02 Å². The highest BCUT2D eigenvalue weighted by atomic mass is 79.9. The van der Waals surface area contributed by atoms with Gasteiger partial charge in [0.2, 0.25) is 0 Å². The first-order valence-corrected chi connectivity index (χ1v) is 5.98. The van der Waals surface area contributed by atoms with Crippen LogP contribution in [-0.2, 0) is 0 Å². The Morgan fingerprint density at radius 2 is 2.00 bits per heavy atom. The average Bonchev–Trinajstić information content (AvgIpc) is 2.32. The number of nitrogen functional groups attached to an aromatic ring is 1. The molecule has 18 heavy (non-hydrogen) atoms. The molecule has 1 aromatic carbocycles. The van der Waals surface area contributed by atoms with E-state index in [9.17, 15) is 8.78 Å². The SMILES string of the molecule is Nc1nc(Nc2cccc(Cl)c2Br)c(F)cc1F. The van der Waals surface area contributed by atoms with Crippen LogP contribution in [0.15, 0.2) is 28.7 Å². The van der Waals surface area contributed by atoms with Crippen LogP contribution in [0.5, 0.6) is 0 Å². The first-order valence-electron chi connectivity index (χ1n) is 4.81. The molecule has 1 aromatic heterocycles. The lowest BCUT2D eigenvalue weighted by atomic mass is 10.3. The predicted molar refractivity (Wildman–Crippen MR) is 71.0 cm³/mol. The zero-order valence-electron chi connectivity index (χ0n) is 8.85. The van der Waals surface area contributed by atoms with Gasteiger partial charge in [0.1, 0.15) is 0 Å². The molecule has 0 aliphatic rings. The fourth-order valence-electron chi connectivity index (χ4n) is 1.30. The van der Waals surface area contributed by atoms with Crippen LogP contribution in [0.3, 0.4) is 0 Å². The highest BCUT2D eigenvalue weighted by Crippen LogP contribution is 2.32. The highest BCUT2D eigenvalue weighted by Gasteiger charge is 2.12. The first kappa shape index (κ1) is 13.0. The molecule has 0 saturated heterocycles. The minimum Gasteiger partial charge on any atom is -0.381 e. The summed E-state index contributed by atoms with van der Waals surface area (Å²) in [6.45, 7) is 0. The number of aromatic nitrogens is 1. The molecule has 7 heteroatoms. The minimum absolute atomic E-state index is 0.170. The van der Waals surface area contributed by atoms with E-state index < -0.39 is 11.6 Å². The summed E-state index contributed by atoms with van der Waals surface area (Å²) in [7, 11) is 0. The van der Waals surface area contributed by atoms with Crippen LogP contribution in [0.25, 0.3) is 0 Å². The van der Waals surface area contributed by atoms with Gasteiger partial charge in [-0.1, -0.05) is 17.7 Å². The van der Waals surface area contributed by atoms with Gasteiger partial charge in [-0.05, 0) is 28.1 Å². The van der Waals surface area contributed by atoms with Crippen molar-refractivity contribution in [3.8, 4) is 0 Å². The minimum atomic E-state index is -0.900. The van der Waals surface area contributed by atoms with E-state index in [0.29, 0.717) is 21.2 Å². The van der Waals surface area contributed by atoms with Gasteiger partial charge in [-0.25, -0.2) is 13.8 Å². The standard InChI is InChI=1S/C11H7BrClF2N3/c12-9-5(13)2-1-3-8(9)17-11-7(15)4-6(14)10(16)18-11/h1-4H,(H3,16,17,18). The zero-order valence-corrected chi connectivity index (χ0v) is 11.2. The monoisotopic (exact) mass is 333 g/mol. The van der Waals surface area contributed by atoms with Crippen LogP contribution in [0, 0.1) is 11.6 Å². The molecule has 0 unspecified atom stereocenters. The predicted octanol–water partition coefficient (Wildman–Crippen LogP) is 4.10. The lowest BCUT2D eigenvalue weighted by molar-refractivity contribution is 0.581. The van der Waals surface area contributed by atoms with E-state index in [1.807, 2.05) is 0 Å². The molecule has 0 spiro atoms. The van der Waals surface area contributed by atoms with Crippen LogP contribution in [0.4, 0.5) is 26.1 Å². The summed E-state index contributed by atoms with van der Waals surface area (Å²) in [5.41, 5.74) is 5.78. The quantitative estimate of drug-likeness (QED) is 0.869. The van der Waals surface area contributed by atoms with Crippen LogP contribution < -0.4 is 11.1 Å². The Labute approximate surface area is 115 Å². The smallest absolute Gasteiger partial charge is 0.169 e. The fraction of sp³-hybridized carbons (Fsp3) is 0. The molecule has 0 radical (unpaired) electrons. The summed E-state index contributed by atoms with van der Waals surface area (Å²) < 4.78 is 27.0. The first-order chi connectivity index (χ1) is 8.49. The Balaban J connectivity index is 2.40. The molecule has 0 aliphatic heterocycles. The van der Waals surface area contributed by atoms with Gasteiger partial charge < -0.3 is 11.1 Å². The molecule has 2 aromatic rings. The number of anilines is 3. The molecule has 0 bridgehead atoms. The lowest BCUT2D eigenvalue weighted by Gasteiger charge is -2.10. The van der Waals surface area contributed by atoms with Crippen molar-refractivity contribution in [3.05, 3.63) is 45.4 Å². The highest BCUT2D eigenvalue weighted by molar-refractivity contribution is 9.10. The number of nitrogens with one attached hydrogen (secondary N) is 1. The van der Waals surface area contributed by atoms with E-state index in [1.54, 1.807) is 18.2 Å². The Morgan fingerprint density at radius 3 is 2.72 bits per heavy atom. The topological polar surface area (TPSA) is 50.9 Å². The van der Waals surface area contributed by atoms with Gasteiger partial charge in [0, 0.05) is 6.07 Å². The maximum atomic E-state index is 13.5. The average molecular weight is 335 g/mol.